The van der Waals surface area contributed by atoms with E-state index in [9.17, 15) is 9.59 Å². The molecule has 0 saturated carbocycles. The summed E-state index contributed by atoms with van der Waals surface area (Å²) in [6.45, 7) is 3.85. The molecular formula is C8H13NO2S. The van der Waals surface area contributed by atoms with Crippen LogP contribution in [0.5, 0.6) is 0 Å². The zero-order valence-corrected chi connectivity index (χ0v) is 8.16. The number of hydrogen-bond acceptors (Lipinski definition) is 3. The number of β-lactam (4-membered cyclic amide) rings is 1. The molecule has 0 aromatic rings. The van der Waals surface area contributed by atoms with Crippen LogP contribution in [0, 0.1) is 0 Å². The first-order valence-electron chi connectivity index (χ1n) is 4.02. The van der Waals surface area contributed by atoms with Crippen molar-refractivity contribution in [2.75, 3.05) is 5.75 Å². The number of nitrogens with one attached hydrogen (secondary N) is 1. The van der Waals surface area contributed by atoms with Crippen LogP contribution in [0.15, 0.2) is 0 Å². The van der Waals surface area contributed by atoms with Gasteiger partial charge < -0.3 is 5.32 Å². The van der Waals surface area contributed by atoms with E-state index in [-0.39, 0.29) is 16.6 Å². The Kier molecular flexibility index (Phi) is 2.77. The third kappa shape index (κ3) is 2.24. The maximum atomic E-state index is 11.2. The normalized spacial score (nSPS) is 27.7. The summed E-state index contributed by atoms with van der Waals surface area (Å²) in [4.78, 5) is 21.8. The molecule has 1 aliphatic heterocycles. The Bertz CT molecular complexity index is 207. The fourth-order valence-corrected chi connectivity index (χ4v) is 2.05. The Hall–Kier alpha value is -0.510. The molecule has 1 amide bonds. The molecule has 0 radical (unpaired) electrons. The number of thioether (sulfide) groups is 1. The molecule has 1 aliphatic rings. The molecule has 1 heterocycles. The second-order valence-electron chi connectivity index (χ2n) is 3.27. The molecule has 0 aromatic heterocycles. The van der Waals surface area contributed by atoms with E-state index in [2.05, 4.69) is 5.32 Å². The maximum Gasteiger partial charge on any atom is 0.222 e. The fraction of sp³-hybridized carbons (Fsp3) is 0.750. The van der Waals surface area contributed by atoms with Crippen molar-refractivity contribution in [1.82, 2.24) is 5.32 Å². The zero-order chi connectivity index (χ0) is 9.19. The second kappa shape index (κ2) is 3.47. The molecule has 0 aliphatic carbocycles. The minimum absolute atomic E-state index is 0.0480. The van der Waals surface area contributed by atoms with Gasteiger partial charge in [-0.3, -0.25) is 9.59 Å². The average molecular weight is 187 g/mol. The summed E-state index contributed by atoms with van der Waals surface area (Å²) in [5, 5.41) is 2.90. The quantitative estimate of drug-likeness (QED) is 0.669. The molecule has 1 rings (SSSR count). The van der Waals surface area contributed by atoms with E-state index in [1.54, 1.807) is 0 Å². The van der Waals surface area contributed by atoms with Crippen molar-refractivity contribution in [3.63, 3.8) is 0 Å². The molecule has 0 aromatic carbocycles. The zero-order valence-electron chi connectivity index (χ0n) is 7.35. The predicted molar refractivity (Wildman–Crippen MR) is 48.9 cm³/mol. The molecule has 1 unspecified atom stereocenters. The fourth-order valence-electron chi connectivity index (χ4n) is 1.31. The van der Waals surface area contributed by atoms with Gasteiger partial charge in [0, 0.05) is 12.8 Å². The summed E-state index contributed by atoms with van der Waals surface area (Å²) in [6.07, 6.45) is 0.945. The van der Waals surface area contributed by atoms with Crippen LogP contribution in [-0.2, 0) is 9.59 Å². The molecule has 0 bridgehead atoms. The van der Waals surface area contributed by atoms with E-state index >= 15 is 0 Å². The van der Waals surface area contributed by atoms with Gasteiger partial charge in [-0.2, -0.15) is 0 Å². The van der Waals surface area contributed by atoms with E-state index in [0.717, 1.165) is 5.75 Å². The summed E-state index contributed by atoms with van der Waals surface area (Å²) >= 11 is 1.32. The molecule has 1 saturated heterocycles. The van der Waals surface area contributed by atoms with Crippen molar-refractivity contribution in [2.24, 2.45) is 0 Å². The van der Waals surface area contributed by atoms with Gasteiger partial charge >= 0.3 is 0 Å². The Labute approximate surface area is 76.3 Å². The summed E-state index contributed by atoms with van der Waals surface area (Å²) in [7, 11) is 0. The van der Waals surface area contributed by atoms with Crippen LogP contribution < -0.4 is 5.32 Å². The van der Waals surface area contributed by atoms with Gasteiger partial charge in [-0.15, -0.1) is 0 Å². The lowest BCUT2D eigenvalue weighted by molar-refractivity contribution is -0.133. The van der Waals surface area contributed by atoms with Crippen molar-refractivity contribution < 1.29 is 9.59 Å². The third-order valence-electron chi connectivity index (χ3n) is 1.83. The lowest BCUT2D eigenvalue weighted by Crippen LogP contribution is -2.59. The van der Waals surface area contributed by atoms with Gasteiger partial charge in [-0.1, -0.05) is 18.7 Å². The highest BCUT2D eigenvalue weighted by molar-refractivity contribution is 8.13. The van der Waals surface area contributed by atoms with E-state index in [0.29, 0.717) is 12.8 Å². The van der Waals surface area contributed by atoms with Crippen molar-refractivity contribution in [3.05, 3.63) is 0 Å². The molecule has 1 atom stereocenters. The number of rotatable bonds is 3. The average Bonchev–Trinajstić information content (AvgIpc) is 1.83. The topological polar surface area (TPSA) is 46.2 Å². The number of amides is 1. The van der Waals surface area contributed by atoms with Gasteiger partial charge in [-0.05, 0) is 12.7 Å². The molecule has 3 nitrogen and oxygen atoms in total. The summed E-state index contributed by atoms with van der Waals surface area (Å²) in [5.41, 5.74) is -0.254. The smallest absolute Gasteiger partial charge is 0.222 e. The van der Waals surface area contributed by atoms with Gasteiger partial charge in [0.2, 0.25) is 5.91 Å². The van der Waals surface area contributed by atoms with E-state index in [1.807, 2.05) is 13.8 Å². The van der Waals surface area contributed by atoms with Crippen molar-refractivity contribution in [3.8, 4) is 0 Å². The Morgan fingerprint density at radius 2 is 2.33 bits per heavy atom. The number of carbonyl (C=O) groups excluding carboxylic acids is 2. The third-order valence-corrected chi connectivity index (χ3v) is 2.59. The molecule has 12 heavy (non-hydrogen) atoms. The lowest BCUT2D eigenvalue weighted by Gasteiger charge is -2.38. The Morgan fingerprint density at radius 3 is 2.75 bits per heavy atom. The van der Waals surface area contributed by atoms with Gasteiger partial charge in [0.05, 0.1) is 5.54 Å². The highest BCUT2D eigenvalue weighted by atomic mass is 32.2. The molecular weight excluding hydrogens is 174 g/mol. The minimum atomic E-state index is -0.254. The molecule has 0 spiro atoms. The Morgan fingerprint density at radius 1 is 1.75 bits per heavy atom. The predicted octanol–water partition coefficient (Wildman–Crippen LogP) is 0.935. The van der Waals surface area contributed by atoms with Crippen LogP contribution in [-0.4, -0.2) is 22.3 Å². The van der Waals surface area contributed by atoms with Crippen LogP contribution in [0.2, 0.25) is 0 Å². The molecule has 1 fully saturated rings. The lowest BCUT2D eigenvalue weighted by atomic mass is 9.87. The van der Waals surface area contributed by atoms with Gasteiger partial charge in [-0.25, -0.2) is 0 Å². The van der Waals surface area contributed by atoms with Crippen LogP contribution in [0.1, 0.15) is 26.7 Å². The molecule has 4 heteroatoms. The first kappa shape index (κ1) is 9.58. The first-order valence-corrected chi connectivity index (χ1v) is 5.01. The van der Waals surface area contributed by atoms with E-state index < -0.39 is 0 Å². The molecule has 68 valence electrons. The highest BCUT2D eigenvalue weighted by Gasteiger charge is 2.39. The molecule has 1 N–H and O–H groups in total. The van der Waals surface area contributed by atoms with Gasteiger partial charge in [0.1, 0.15) is 0 Å². The SMILES string of the molecule is CCSC(=O)CC1(C)CC(=O)N1. The number of hydrogen-bond donors (Lipinski definition) is 1. The second-order valence-corrected chi connectivity index (χ2v) is 4.59. The largest absolute Gasteiger partial charge is 0.350 e. The Balaban J connectivity index is 2.31. The monoisotopic (exact) mass is 187 g/mol. The standard InChI is InChI=1S/C8H13NO2S/c1-3-12-7(11)5-8(2)4-6(10)9-8/h3-5H2,1-2H3,(H,9,10). The van der Waals surface area contributed by atoms with Crippen molar-refractivity contribution in [1.29, 1.82) is 0 Å². The van der Waals surface area contributed by atoms with Crippen molar-refractivity contribution >= 4 is 22.8 Å². The highest BCUT2D eigenvalue weighted by Crippen LogP contribution is 2.25. The number of carbonyl (C=O) groups is 2. The van der Waals surface area contributed by atoms with Crippen LogP contribution in [0.4, 0.5) is 0 Å². The van der Waals surface area contributed by atoms with Gasteiger partial charge in [0.25, 0.3) is 0 Å². The minimum Gasteiger partial charge on any atom is -0.350 e. The first-order chi connectivity index (χ1) is 5.56. The van der Waals surface area contributed by atoms with Crippen LogP contribution in [0.3, 0.4) is 0 Å². The van der Waals surface area contributed by atoms with Crippen molar-refractivity contribution in [2.45, 2.75) is 32.2 Å². The van der Waals surface area contributed by atoms with Crippen LogP contribution >= 0.6 is 11.8 Å². The van der Waals surface area contributed by atoms with Gasteiger partial charge in [0.15, 0.2) is 5.12 Å². The van der Waals surface area contributed by atoms with Crippen LogP contribution in [0.25, 0.3) is 0 Å². The van der Waals surface area contributed by atoms with E-state index in [1.165, 1.54) is 11.8 Å². The summed E-state index contributed by atoms with van der Waals surface area (Å²) < 4.78 is 0. The summed E-state index contributed by atoms with van der Waals surface area (Å²) in [5.74, 6) is 0.856. The van der Waals surface area contributed by atoms with E-state index in [4.69, 9.17) is 0 Å². The summed E-state index contributed by atoms with van der Waals surface area (Å²) in [6, 6.07) is 0. The maximum absolute atomic E-state index is 11.2.